The van der Waals surface area contributed by atoms with E-state index in [4.69, 9.17) is 18.9 Å². The molecule has 0 radical (unpaired) electrons. The van der Waals surface area contributed by atoms with E-state index in [1.165, 1.54) is 56.3 Å². The smallest absolute Gasteiger partial charge is 0.157 e. The fraction of sp³-hybridized carbons (Fsp3) is 1.00. The summed E-state index contributed by atoms with van der Waals surface area (Å²) >= 11 is 0. The minimum Gasteiger partial charge on any atom is -0.353 e. The molecule has 4 nitrogen and oxygen atoms in total. The Balaban J connectivity index is 3.75. The monoisotopic (exact) mass is 476 g/mol. The van der Waals surface area contributed by atoms with Gasteiger partial charge in [-0.25, -0.2) is 0 Å². The maximum absolute atomic E-state index is 5.96. The molecule has 6 heteroatoms. The predicted octanol–water partition coefficient (Wildman–Crippen LogP) is 6.09. The molecule has 0 aliphatic rings. The second-order valence-electron chi connectivity index (χ2n) is 8.81. The van der Waals surface area contributed by atoms with Crippen molar-refractivity contribution in [2.75, 3.05) is 26.4 Å². The van der Waals surface area contributed by atoms with Crippen molar-refractivity contribution in [1.29, 1.82) is 0 Å². The van der Waals surface area contributed by atoms with E-state index >= 15 is 0 Å². The molecule has 0 heterocycles. The topological polar surface area (TPSA) is 36.9 Å². The Morgan fingerprint density at radius 2 is 0.774 bits per heavy atom. The number of hydrogen-bond donors (Lipinski definition) is 0. The van der Waals surface area contributed by atoms with Gasteiger partial charge in [0, 0.05) is 45.5 Å². The minimum absolute atomic E-state index is 0.0463. The van der Waals surface area contributed by atoms with E-state index in [2.05, 4.69) is 27.7 Å². The molecule has 0 spiro atoms. The van der Waals surface area contributed by atoms with Crippen molar-refractivity contribution in [3.05, 3.63) is 0 Å². The summed E-state index contributed by atoms with van der Waals surface area (Å²) in [7, 11) is 0.0927. The van der Waals surface area contributed by atoms with Crippen LogP contribution in [0.25, 0.3) is 0 Å². The fourth-order valence-corrected chi connectivity index (χ4v) is 7.44. The van der Waals surface area contributed by atoms with Crippen LogP contribution in [0.2, 0.25) is 24.2 Å². The van der Waals surface area contributed by atoms with Gasteiger partial charge in [-0.15, -0.1) is 0 Å². The summed E-state index contributed by atoms with van der Waals surface area (Å²) in [5, 5.41) is 0. The van der Waals surface area contributed by atoms with Gasteiger partial charge in [-0.3, -0.25) is 0 Å². The van der Waals surface area contributed by atoms with Crippen molar-refractivity contribution in [1.82, 2.24) is 0 Å². The Labute approximate surface area is 199 Å². The van der Waals surface area contributed by atoms with Gasteiger partial charge in [0.05, 0.1) is 0 Å². The third kappa shape index (κ3) is 23.2. The van der Waals surface area contributed by atoms with Crippen molar-refractivity contribution >= 4 is 19.0 Å². The first-order valence-electron chi connectivity index (χ1n) is 13.7. The van der Waals surface area contributed by atoms with Gasteiger partial charge >= 0.3 is 0 Å². The average molecular weight is 477 g/mol. The van der Waals surface area contributed by atoms with Gasteiger partial charge in [0.15, 0.2) is 12.6 Å². The number of rotatable bonds is 26. The highest BCUT2D eigenvalue weighted by atomic mass is 28.2. The highest BCUT2D eigenvalue weighted by Crippen LogP contribution is 2.11. The highest BCUT2D eigenvalue weighted by Gasteiger charge is 2.10. The third-order valence-electron chi connectivity index (χ3n) is 5.59. The molecule has 0 N–H and O–H groups in total. The molecule has 0 atom stereocenters. The van der Waals surface area contributed by atoms with Crippen LogP contribution in [0.5, 0.6) is 0 Å². The zero-order chi connectivity index (χ0) is 22.8. The molecule has 0 unspecified atom stereocenters. The summed E-state index contributed by atoms with van der Waals surface area (Å²) < 4.78 is 23.9. The summed E-state index contributed by atoms with van der Waals surface area (Å²) in [6, 6.07) is 5.71. The lowest BCUT2D eigenvalue weighted by Gasteiger charge is -2.18. The Morgan fingerprint density at radius 1 is 0.452 bits per heavy atom. The molecular weight excluding hydrogens is 420 g/mol. The maximum Gasteiger partial charge on any atom is 0.157 e. The summed E-state index contributed by atoms with van der Waals surface area (Å²) in [6.45, 7) is 12.3. The Kier molecular flexibility index (Phi) is 26.8. The zero-order valence-electron chi connectivity index (χ0n) is 21.6. The van der Waals surface area contributed by atoms with Crippen LogP contribution in [0.4, 0.5) is 0 Å². The Hall–Kier alpha value is 0.274. The summed E-state index contributed by atoms with van der Waals surface area (Å²) in [4.78, 5) is 0. The lowest BCUT2D eigenvalue weighted by molar-refractivity contribution is -0.144. The van der Waals surface area contributed by atoms with E-state index in [1.54, 1.807) is 0 Å². The van der Waals surface area contributed by atoms with Crippen molar-refractivity contribution in [3.8, 4) is 0 Å². The quantitative estimate of drug-likeness (QED) is 0.0860. The van der Waals surface area contributed by atoms with Crippen LogP contribution in [0.15, 0.2) is 0 Å². The molecule has 0 bridgehead atoms. The fourth-order valence-electron chi connectivity index (χ4n) is 3.37. The first-order chi connectivity index (χ1) is 15.3. The molecular formula is C25H56O4Si2. The van der Waals surface area contributed by atoms with Crippen LogP contribution >= 0.6 is 0 Å². The van der Waals surface area contributed by atoms with Crippen LogP contribution in [-0.2, 0) is 18.9 Å². The molecule has 0 fully saturated rings. The minimum atomic E-state index is 0.0463. The van der Waals surface area contributed by atoms with Gasteiger partial charge in [0.1, 0.15) is 0 Å². The molecule has 0 aliphatic carbocycles. The lowest BCUT2D eigenvalue weighted by Crippen LogP contribution is -2.19. The lowest BCUT2D eigenvalue weighted by atomic mass is 10.3. The van der Waals surface area contributed by atoms with Gasteiger partial charge < -0.3 is 18.9 Å². The van der Waals surface area contributed by atoms with E-state index in [0.717, 1.165) is 65.0 Å². The molecule has 0 amide bonds. The van der Waals surface area contributed by atoms with Crippen molar-refractivity contribution < 1.29 is 18.9 Å². The largest absolute Gasteiger partial charge is 0.353 e. The van der Waals surface area contributed by atoms with E-state index in [0.29, 0.717) is 0 Å². The standard InChI is InChI=1S/C25H56O4Si2/c1-5-9-16-26-24(27-17-10-6-2)14-22-30-20-13-21-31-23-15-25(28-18-11-7-3)29-19-12-8-4/h24-25H,5-23,30-31H2,1-4H3. The van der Waals surface area contributed by atoms with E-state index < -0.39 is 0 Å². The van der Waals surface area contributed by atoms with Crippen LogP contribution in [0.1, 0.15) is 98.3 Å². The predicted molar refractivity (Wildman–Crippen MR) is 141 cm³/mol. The molecule has 31 heavy (non-hydrogen) atoms. The SMILES string of the molecule is CCCCOC(CC[SiH2]CCC[SiH2]CCC(OCCCC)OCCCC)OCCCC. The first-order valence-corrected chi connectivity index (χ1v) is 17.7. The number of hydrogen-bond acceptors (Lipinski definition) is 4. The Morgan fingerprint density at radius 3 is 1.06 bits per heavy atom. The van der Waals surface area contributed by atoms with Crippen LogP contribution in [0, 0.1) is 0 Å². The van der Waals surface area contributed by atoms with E-state index in [9.17, 15) is 0 Å². The van der Waals surface area contributed by atoms with Crippen molar-refractivity contribution in [2.24, 2.45) is 0 Å². The molecule has 0 saturated carbocycles. The van der Waals surface area contributed by atoms with E-state index in [-0.39, 0.29) is 31.6 Å². The maximum atomic E-state index is 5.96. The highest BCUT2D eigenvalue weighted by molar-refractivity contribution is 6.37. The van der Waals surface area contributed by atoms with Gasteiger partial charge in [-0.2, -0.15) is 0 Å². The molecule has 0 aromatic carbocycles. The van der Waals surface area contributed by atoms with Gasteiger partial charge in [0.25, 0.3) is 0 Å². The van der Waals surface area contributed by atoms with Crippen molar-refractivity contribution in [2.45, 2.75) is 135 Å². The number of unbranched alkanes of at least 4 members (excludes halogenated alkanes) is 4. The van der Waals surface area contributed by atoms with Gasteiger partial charge in [-0.05, 0) is 38.5 Å². The number of ether oxygens (including phenoxy) is 4. The van der Waals surface area contributed by atoms with Crippen LogP contribution in [-0.4, -0.2) is 58.0 Å². The van der Waals surface area contributed by atoms with Gasteiger partial charge in [-0.1, -0.05) is 84.0 Å². The Bertz CT molecular complexity index is 285. The summed E-state index contributed by atoms with van der Waals surface area (Å²) in [5.74, 6) is 0. The summed E-state index contributed by atoms with van der Waals surface area (Å²) in [5.41, 5.74) is 0. The molecule has 0 aromatic heterocycles. The molecule has 188 valence electrons. The van der Waals surface area contributed by atoms with Gasteiger partial charge in [0.2, 0.25) is 0 Å². The normalized spacial score (nSPS) is 12.6. The van der Waals surface area contributed by atoms with Crippen LogP contribution < -0.4 is 0 Å². The second kappa shape index (κ2) is 26.5. The molecule has 0 saturated heterocycles. The zero-order valence-corrected chi connectivity index (χ0v) is 24.5. The first kappa shape index (κ1) is 31.3. The summed E-state index contributed by atoms with van der Waals surface area (Å²) in [6.07, 6.45) is 13.1. The van der Waals surface area contributed by atoms with Crippen LogP contribution in [0.3, 0.4) is 0 Å². The molecule has 0 rings (SSSR count). The van der Waals surface area contributed by atoms with Crippen molar-refractivity contribution in [3.63, 3.8) is 0 Å². The molecule has 0 aromatic rings. The second-order valence-corrected chi connectivity index (χ2v) is 13.1. The molecule has 0 aliphatic heterocycles. The third-order valence-corrected chi connectivity index (χ3v) is 9.40. The van der Waals surface area contributed by atoms with E-state index in [1.807, 2.05) is 0 Å². The average Bonchev–Trinajstić information content (AvgIpc) is 2.77.